The summed E-state index contributed by atoms with van der Waals surface area (Å²) in [7, 11) is 1.28. The number of ketones is 1. The average Bonchev–Trinajstić information content (AvgIpc) is 2.36. The first kappa shape index (κ1) is 13.9. The fourth-order valence-electron chi connectivity index (χ4n) is 1.45. The molecule has 0 unspecified atom stereocenters. The number of carbonyl (C=O) groups excluding carboxylic acids is 2. The maximum absolute atomic E-state index is 12.2. The molecule has 1 aromatic rings. The lowest BCUT2D eigenvalue weighted by Crippen LogP contribution is -2.36. The van der Waals surface area contributed by atoms with E-state index in [4.69, 9.17) is 0 Å². The molecule has 0 bridgehead atoms. The first-order chi connectivity index (χ1) is 7.91. The number of esters is 1. The maximum atomic E-state index is 12.2. The van der Waals surface area contributed by atoms with Crippen LogP contribution in [0.4, 0.5) is 0 Å². The van der Waals surface area contributed by atoms with E-state index in [9.17, 15) is 9.59 Å². The van der Waals surface area contributed by atoms with E-state index in [0.717, 1.165) is 5.56 Å². The number of Topliss-reactive ketones (excluding diaryl/α,β-unsaturated/α-hetero) is 1. The lowest BCUT2D eigenvalue weighted by atomic mass is 9.85. The molecule has 0 spiro atoms. The Morgan fingerprint density at radius 2 is 1.76 bits per heavy atom. The summed E-state index contributed by atoms with van der Waals surface area (Å²) in [4.78, 5) is 23.3. The van der Waals surface area contributed by atoms with Crippen LogP contribution in [0.15, 0.2) is 30.3 Å². The van der Waals surface area contributed by atoms with E-state index < -0.39 is 16.2 Å². The van der Waals surface area contributed by atoms with Gasteiger partial charge in [-0.15, -0.1) is 0 Å². The van der Waals surface area contributed by atoms with Gasteiger partial charge in [0.2, 0.25) is 0 Å². The monoisotopic (exact) mass is 298 g/mol. The molecule has 17 heavy (non-hydrogen) atoms. The Hall–Kier alpha value is -1.16. The summed E-state index contributed by atoms with van der Waals surface area (Å²) in [5, 5.41) is 0. The molecule has 3 nitrogen and oxygen atoms in total. The lowest BCUT2D eigenvalue weighted by Gasteiger charge is -2.23. The molecule has 0 aliphatic heterocycles. The molecule has 1 rings (SSSR count). The van der Waals surface area contributed by atoms with Crippen molar-refractivity contribution >= 4 is 27.7 Å². The molecule has 1 atom stereocenters. The standard InChI is InChI=1S/C13H15BrO3/c1-13(2,12(16)17-3)11(15)10(14)9-7-5-4-6-8-9/h4-8,10H,1-3H3/t10-/m0/s1. The molecule has 0 saturated carbocycles. The van der Waals surface area contributed by atoms with E-state index in [1.165, 1.54) is 7.11 Å². The number of carbonyl (C=O) groups is 2. The molecule has 1 aromatic carbocycles. The number of alkyl halides is 1. The molecule has 0 saturated heterocycles. The zero-order chi connectivity index (χ0) is 13.1. The smallest absolute Gasteiger partial charge is 0.318 e. The van der Waals surface area contributed by atoms with Crippen LogP contribution in [-0.4, -0.2) is 18.9 Å². The minimum Gasteiger partial charge on any atom is -0.468 e. The highest BCUT2D eigenvalue weighted by molar-refractivity contribution is 9.09. The van der Waals surface area contributed by atoms with Crippen molar-refractivity contribution in [3.05, 3.63) is 35.9 Å². The van der Waals surface area contributed by atoms with Gasteiger partial charge in [0.25, 0.3) is 0 Å². The highest BCUT2D eigenvalue weighted by Crippen LogP contribution is 2.33. The highest BCUT2D eigenvalue weighted by Gasteiger charge is 2.40. The van der Waals surface area contributed by atoms with Crippen molar-refractivity contribution < 1.29 is 14.3 Å². The first-order valence-electron chi connectivity index (χ1n) is 5.23. The van der Waals surface area contributed by atoms with Crippen LogP contribution in [0.2, 0.25) is 0 Å². The van der Waals surface area contributed by atoms with Crippen molar-refractivity contribution in [2.24, 2.45) is 5.41 Å². The molecular weight excluding hydrogens is 284 g/mol. The largest absolute Gasteiger partial charge is 0.468 e. The Morgan fingerprint density at radius 1 is 1.24 bits per heavy atom. The second-order valence-electron chi connectivity index (χ2n) is 4.25. The van der Waals surface area contributed by atoms with Crippen LogP contribution in [0.1, 0.15) is 24.2 Å². The van der Waals surface area contributed by atoms with E-state index >= 15 is 0 Å². The van der Waals surface area contributed by atoms with Crippen molar-refractivity contribution in [1.29, 1.82) is 0 Å². The van der Waals surface area contributed by atoms with E-state index in [2.05, 4.69) is 20.7 Å². The summed E-state index contributed by atoms with van der Waals surface area (Å²) >= 11 is 3.33. The van der Waals surface area contributed by atoms with Gasteiger partial charge in [-0.1, -0.05) is 46.3 Å². The van der Waals surface area contributed by atoms with E-state index in [1.54, 1.807) is 13.8 Å². The number of benzene rings is 1. The maximum Gasteiger partial charge on any atom is 0.318 e. The molecule has 0 amide bonds. The molecular formula is C13H15BrO3. The number of hydrogen-bond acceptors (Lipinski definition) is 3. The van der Waals surface area contributed by atoms with Crippen molar-refractivity contribution in [3.63, 3.8) is 0 Å². The molecule has 4 heteroatoms. The van der Waals surface area contributed by atoms with Crippen molar-refractivity contribution in [1.82, 2.24) is 0 Å². The summed E-state index contributed by atoms with van der Waals surface area (Å²) < 4.78 is 4.64. The third-order valence-corrected chi connectivity index (χ3v) is 3.58. The first-order valence-corrected chi connectivity index (χ1v) is 6.14. The minimum atomic E-state index is -1.15. The van der Waals surface area contributed by atoms with Crippen LogP contribution >= 0.6 is 15.9 Å². The van der Waals surface area contributed by atoms with Gasteiger partial charge in [-0.25, -0.2) is 0 Å². The summed E-state index contributed by atoms with van der Waals surface area (Å²) in [6.07, 6.45) is 0. The predicted octanol–water partition coefficient (Wildman–Crippen LogP) is 2.89. The van der Waals surface area contributed by atoms with Gasteiger partial charge in [-0.3, -0.25) is 9.59 Å². The fourth-order valence-corrected chi connectivity index (χ4v) is 2.32. The Balaban J connectivity index is 2.95. The van der Waals surface area contributed by atoms with Crippen LogP contribution in [0.5, 0.6) is 0 Å². The number of methoxy groups -OCH3 is 1. The Labute approximate surface area is 109 Å². The van der Waals surface area contributed by atoms with Crippen molar-refractivity contribution in [2.75, 3.05) is 7.11 Å². The summed E-state index contributed by atoms with van der Waals surface area (Å²) in [5.41, 5.74) is -0.326. The quantitative estimate of drug-likeness (QED) is 0.488. The Kier molecular flexibility index (Phi) is 4.46. The van der Waals surface area contributed by atoms with Crippen molar-refractivity contribution in [2.45, 2.75) is 18.7 Å². The van der Waals surface area contributed by atoms with Gasteiger partial charge in [0, 0.05) is 0 Å². The molecule has 92 valence electrons. The van der Waals surface area contributed by atoms with Gasteiger partial charge in [-0.2, -0.15) is 0 Å². The fraction of sp³-hybridized carbons (Fsp3) is 0.385. The SMILES string of the molecule is COC(=O)C(C)(C)C(=O)[C@@H](Br)c1ccccc1. The summed E-state index contributed by atoms with van der Waals surface area (Å²) in [6.45, 7) is 3.14. The zero-order valence-corrected chi connectivity index (χ0v) is 11.7. The Morgan fingerprint density at radius 3 is 2.24 bits per heavy atom. The van der Waals surface area contributed by atoms with Gasteiger partial charge in [-0.05, 0) is 19.4 Å². The van der Waals surface area contributed by atoms with Gasteiger partial charge in [0.1, 0.15) is 5.41 Å². The molecule has 0 N–H and O–H groups in total. The van der Waals surface area contributed by atoms with Gasteiger partial charge >= 0.3 is 5.97 Å². The van der Waals surface area contributed by atoms with Crippen LogP contribution in [-0.2, 0) is 14.3 Å². The van der Waals surface area contributed by atoms with Gasteiger partial charge in [0.05, 0.1) is 11.9 Å². The summed E-state index contributed by atoms with van der Waals surface area (Å²) in [5.74, 6) is -0.738. The molecule has 0 heterocycles. The molecule has 0 aliphatic carbocycles. The highest BCUT2D eigenvalue weighted by atomic mass is 79.9. The topological polar surface area (TPSA) is 43.4 Å². The van der Waals surface area contributed by atoms with Crippen molar-refractivity contribution in [3.8, 4) is 0 Å². The number of halogens is 1. The predicted molar refractivity (Wildman–Crippen MR) is 68.9 cm³/mol. The Bertz CT molecular complexity index is 412. The van der Waals surface area contributed by atoms with Crippen LogP contribution in [0, 0.1) is 5.41 Å². The molecule has 0 fully saturated rings. The number of ether oxygens (including phenoxy) is 1. The second-order valence-corrected chi connectivity index (χ2v) is 5.17. The number of hydrogen-bond donors (Lipinski definition) is 0. The molecule has 0 radical (unpaired) electrons. The normalized spacial score (nSPS) is 12.9. The molecule has 0 aromatic heterocycles. The van der Waals surface area contributed by atoms with Crippen LogP contribution < -0.4 is 0 Å². The molecule has 0 aliphatic rings. The zero-order valence-electron chi connectivity index (χ0n) is 10.1. The van der Waals surface area contributed by atoms with E-state index in [1.807, 2.05) is 30.3 Å². The lowest BCUT2D eigenvalue weighted by molar-refractivity contribution is -0.155. The van der Waals surface area contributed by atoms with E-state index in [-0.39, 0.29) is 5.78 Å². The summed E-state index contributed by atoms with van der Waals surface area (Å²) in [6, 6.07) is 9.25. The average molecular weight is 299 g/mol. The van der Waals surface area contributed by atoms with Gasteiger partial charge < -0.3 is 4.74 Å². The van der Waals surface area contributed by atoms with E-state index in [0.29, 0.717) is 0 Å². The number of rotatable bonds is 4. The minimum absolute atomic E-state index is 0.212. The van der Waals surface area contributed by atoms with Gasteiger partial charge in [0.15, 0.2) is 5.78 Å². The third-order valence-electron chi connectivity index (χ3n) is 2.63. The van der Waals surface area contributed by atoms with Crippen LogP contribution in [0.3, 0.4) is 0 Å². The third kappa shape index (κ3) is 2.94. The van der Waals surface area contributed by atoms with Crippen LogP contribution in [0.25, 0.3) is 0 Å². The second kappa shape index (κ2) is 5.45.